The van der Waals surface area contributed by atoms with E-state index in [0.29, 0.717) is 0 Å². The highest BCUT2D eigenvalue weighted by Gasteiger charge is 2.13. The van der Waals surface area contributed by atoms with Crippen molar-refractivity contribution < 1.29 is 9.84 Å². The number of hydrogen-bond donors (Lipinski definition) is 2. The fraction of sp³-hybridized carbons (Fsp3) is 0.200. The Morgan fingerprint density at radius 3 is 2.68 bits per heavy atom. The molecule has 0 bridgehead atoms. The lowest BCUT2D eigenvalue weighted by atomic mass is 10.1. The number of rotatable bonds is 5. The molecule has 2 rings (SSSR count). The monoisotopic (exact) mass is 321 g/mol. The summed E-state index contributed by atoms with van der Waals surface area (Å²) in [7, 11) is 1.64. The molecule has 3 nitrogen and oxygen atoms in total. The first-order chi connectivity index (χ1) is 9.24. The fourth-order valence-corrected chi connectivity index (χ4v) is 2.45. The van der Waals surface area contributed by atoms with Crippen LogP contribution in [0.4, 0.5) is 5.69 Å². The van der Waals surface area contributed by atoms with Gasteiger partial charge in [-0.05, 0) is 23.8 Å². The highest BCUT2D eigenvalue weighted by Crippen LogP contribution is 2.27. The van der Waals surface area contributed by atoms with Crippen molar-refractivity contribution in [1.29, 1.82) is 0 Å². The Labute approximate surface area is 121 Å². The molecule has 0 aromatic heterocycles. The quantitative estimate of drug-likeness (QED) is 0.884. The Morgan fingerprint density at radius 1 is 1.21 bits per heavy atom. The Morgan fingerprint density at radius 2 is 2.00 bits per heavy atom. The molecule has 0 heterocycles. The lowest BCUT2D eigenvalue weighted by molar-refractivity contribution is 0.276. The van der Waals surface area contributed by atoms with Gasteiger partial charge in [-0.25, -0.2) is 0 Å². The van der Waals surface area contributed by atoms with E-state index in [1.54, 1.807) is 7.11 Å². The molecular weight excluding hydrogens is 306 g/mol. The summed E-state index contributed by atoms with van der Waals surface area (Å²) in [5.41, 5.74) is 1.93. The number of aliphatic hydroxyl groups excluding tert-OH is 1. The van der Waals surface area contributed by atoms with Gasteiger partial charge >= 0.3 is 0 Å². The van der Waals surface area contributed by atoms with Crippen LogP contribution >= 0.6 is 15.9 Å². The van der Waals surface area contributed by atoms with Crippen LogP contribution in [-0.2, 0) is 0 Å². The van der Waals surface area contributed by atoms with Crippen molar-refractivity contribution in [2.24, 2.45) is 0 Å². The van der Waals surface area contributed by atoms with Gasteiger partial charge < -0.3 is 15.2 Å². The predicted octanol–water partition coefficient (Wildman–Crippen LogP) is 3.60. The van der Waals surface area contributed by atoms with Gasteiger partial charge in [-0.3, -0.25) is 0 Å². The van der Waals surface area contributed by atoms with Gasteiger partial charge in [0.25, 0.3) is 0 Å². The molecule has 0 saturated heterocycles. The first-order valence-electron chi connectivity index (χ1n) is 6.00. The minimum atomic E-state index is -0.164. The second kappa shape index (κ2) is 6.59. The van der Waals surface area contributed by atoms with E-state index in [-0.39, 0.29) is 12.6 Å². The number of aliphatic hydroxyl groups is 1. The van der Waals surface area contributed by atoms with Crippen molar-refractivity contribution in [2.75, 3.05) is 19.0 Å². The minimum absolute atomic E-state index is 0.0137. The number of halogens is 1. The SMILES string of the molecule is COc1cccc(NC(CO)c2ccccc2Br)c1. The molecule has 19 heavy (non-hydrogen) atoms. The van der Waals surface area contributed by atoms with E-state index < -0.39 is 0 Å². The van der Waals surface area contributed by atoms with Gasteiger partial charge in [0.1, 0.15) is 5.75 Å². The van der Waals surface area contributed by atoms with Crippen molar-refractivity contribution in [3.63, 3.8) is 0 Å². The molecule has 0 spiro atoms. The third-order valence-corrected chi connectivity index (χ3v) is 3.60. The summed E-state index contributed by atoms with van der Waals surface area (Å²) in [6, 6.07) is 15.3. The molecule has 100 valence electrons. The highest BCUT2D eigenvalue weighted by atomic mass is 79.9. The van der Waals surface area contributed by atoms with Gasteiger partial charge in [-0.1, -0.05) is 40.2 Å². The topological polar surface area (TPSA) is 41.5 Å². The van der Waals surface area contributed by atoms with Crippen molar-refractivity contribution in [1.82, 2.24) is 0 Å². The molecule has 4 heteroatoms. The summed E-state index contributed by atoms with van der Waals surface area (Å²) in [4.78, 5) is 0. The fourth-order valence-electron chi connectivity index (χ4n) is 1.89. The van der Waals surface area contributed by atoms with Crippen LogP contribution in [0.25, 0.3) is 0 Å². The van der Waals surface area contributed by atoms with Crippen LogP contribution in [0.5, 0.6) is 5.75 Å². The molecule has 1 atom stereocenters. The molecule has 0 aliphatic rings. The maximum atomic E-state index is 9.58. The summed E-state index contributed by atoms with van der Waals surface area (Å²) < 4.78 is 6.16. The molecule has 2 aromatic carbocycles. The minimum Gasteiger partial charge on any atom is -0.497 e. The summed E-state index contributed by atoms with van der Waals surface area (Å²) >= 11 is 3.50. The highest BCUT2D eigenvalue weighted by molar-refractivity contribution is 9.10. The van der Waals surface area contributed by atoms with E-state index in [2.05, 4.69) is 21.2 Å². The Bertz CT molecular complexity index is 545. The molecule has 0 aliphatic carbocycles. The van der Waals surface area contributed by atoms with Gasteiger partial charge in [0.15, 0.2) is 0 Å². The Hall–Kier alpha value is -1.52. The molecule has 0 aliphatic heterocycles. The lowest BCUT2D eigenvalue weighted by Gasteiger charge is -2.19. The number of methoxy groups -OCH3 is 1. The van der Waals surface area contributed by atoms with E-state index in [4.69, 9.17) is 4.74 Å². The van der Waals surface area contributed by atoms with Crippen molar-refractivity contribution in [3.8, 4) is 5.75 Å². The standard InChI is InChI=1S/C15H16BrNO2/c1-19-12-6-4-5-11(9-12)17-15(10-18)13-7-2-3-8-14(13)16/h2-9,15,17-18H,10H2,1H3. The van der Waals surface area contributed by atoms with E-state index >= 15 is 0 Å². The molecule has 0 radical (unpaired) electrons. The lowest BCUT2D eigenvalue weighted by Crippen LogP contribution is -2.15. The van der Waals surface area contributed by atoms with Crippen LogP contribution in [0.2, 0.25) is 0 Å². The number of hydrogen-bond acceptors (Lipinski definition) is 3. The van der Waals surface area contributed by atoms with E-state index in [9.17, 15) is 5.11 Å². The van der Waals surface area contributed by atoms with E-state index in [1.165, 1.54) is 0 Å². The van der Waals surface area contributed by atoms with Crippen molar-refractivity contribution in [2.45, 2.75) is 6.04 Å². The van der Waals surface area contributed by atoms with Crippen LogP contribution in [0.3, 0.4) is 0 Å². The van der Waals surface area contributed by atoms with Gasteiger partial charge in [-0.2, -0.15) is 0 Å². The summed E-state index contributed by atoms with van der Waals surface area (Å²) in [5.74, 6) is 0.786. The zero-order chi connectivity index (χ0) is 13.7. The largest absolute Gasteiger partial charge is 0.497 e. The van der Waals surface area contributed by atoms with Crippen LogP contribution in [-0.4, -0.2) is 18.8 Å². The maximum Gasteiger partial charge on any atom is 0.120 e. The third-order valence-electron chi connectivity index (χ3n) is 2.87. The molecular formula is C15H16BrNO2. The van der Waals surface area contributed by atoms with Crippen LogP contribution in [0, 0.1) is 0 Å². The second-order valence-corrected chi connectivity index (χ2v) is 4.99. The average molecular weight is 322 g/mol. The Kier molecular flexibility index (Phi) is 4.82. The molecule has 2 aromatic rings. The average Bonchev–Trinajstić information content (AvgIpc) is 2.46. The van der Waals surface area contributed by atoms with Gasteiger partial charge in [0, 0.05) is 16.2 Å². The van der Waals surface area contributed by atoms with Crippen molar-refractivity contribution in [3.05, 3.63) is 58.6 Å². The maximum absolute atomic E-state index is 9.58. The zero-order valence-electron chi connectivity index (χ0n) is 10.6. The van der Waals surface area contributed by atoms with Gasteiger partial charge in [0.05, 0.1) is 19.8 Å². The molecule has 1 unspecified atom stereocenters. The summed E-state index contributed by atoms with van der Waals surface area (Å²) in [5, 5.41) is 12.9. The molecule has 0 amide bonds. The number of ether oxygens (including phenoxy) is 1. The van der Waals surface area contributed by atoms with Gasteiger partial charge in [0.2, 0.25) is 0 Å². The number of anilines is 1. The first-order valence-corrected chi connectivity index (χ1v) is 6.79. The molecule has 0 fully saturated rings. The summed E-state index contributed by atoms with van der Waals surface area (Å²) in [6.45, 7) is 0.0137. The van der Waals surface area contributed by atoms with E-state index in [1.807, 2.05) is 48.5 Å². The number of benzene rings is 2. The van der Waals surface area contributed by atoms with Crippen LogP contribution in [0.15, 0.2) is 53.0 Å². The van der Waals surface area contributed by atoms with Crippen LogP contribution in [0.1, 0.15) is 11.6 Å². The Balaban J connectivity index is 2.21. The first kappa shape index (κ1) is 13.9. The summed E-state index contributed by atoms with van der Waals surface area (Å²) in [6.07, 6.45) is 0. The van der Waals surface area contributed by atoms with Crippen LogP contribution < -0.4 is 10.1 Å². The molecule has 0 saturated carbocycles. The molecule has 2 N–H and O–H groups in total. The van der Waals surface area contributed by atoms with Gasteiger partial charge in [-0.15, -0.1) is 0 Å². The third kappa shape index (κ3) is 3.49. The smallest absolute Gasteiger partial charge is 0.120 e. The zero-order valence-corrected chi connectivity index (χ0v) is 12.2. The van der Waals surface area contributed by atoms with E-state index in [0.717, 1.165) is 21.5 Å². The second-order valence-electron chi connectivity index (χ2n) is 4.13. The van der Waals surface area contributed by atoms with Crippen molar-refractivity contribution >= 4 is 21.6 Å². The predicted molar refractivity (Wildman–Crippen MR) is 80.6 cm³/mol. The normalized spacial score (nSPS) is 11.9. The number of nitrogens with one attached hydrogen (secondary N) is 1.